The molecule has 89 valence electrons. The maximum absolute atomic E-state index is 13.0. The second-order valence-electron chi connectivity index (χ2n) is 4.29. The minimum Gasteiger partial charge on any atom is -0.327 e. The summed E-state index contributed by atoms with van der Waals surface area (Å²) in [6, 6.07) is 4.11. The molecule has 1 radical (unpaired) electrons. The van der Waals surface area contributed by atoms with Crippen LogP contribution in [0.5, 0.6) is 0 Å². The molecule has 0 aromatic heterocycles. The van der Waals surface area contributed by atoms with Crippen LogP contribution in [0.1, 0.15) is 30.0 Å². The van der Waals surface area contributed by atoms with E-state index in [2.05, 4.69) is 0 Å². The molecular weight excluding hydrogens is 221 g/mol. The molecule has 1 atom stereocenters. The van der Waals surface area contributed by atoms with Crippen molar-refractivity contribution < 1.29 is 14.0 Å². The summed E-state index contributed by atoms with van der Waals surface area (Å²) >= 11 is 0. The van der Waals surface area contributed by atoms with Crippen molar-refractivity contribution in [3.05, 3.63) is 35.1 Å². The largest absolute Gasteiger partial charge is 0.327 e. The van der Waals surface area contributed by atoms with Gasteiger partial charge in [0.2, 0.25) is 0 Å². The van der Waals surface area contributed by atoms with Crippen molar-refractivity contribution in [1.29, 1.82) is 0 Å². The highest BCUT2D eigenvalue weighted by Crippen LogP contribution is 2.30. The van der Waals surface area contributed by atoms with Crippen LogP contribution in [0.25, 0.3) is 0 Å². The number of aryl methyl sites for hydroxylation is 1. The van der Waals surface area contributed by atoms with Crippen molar-refractivity contribution in [2.75, 3.05) is 6.54 Å². The predicted molar refractivity (Wildman–Crippen MR) is 60.5 cm³/mol. The number of ketones is 1. The fraction of sp³-hybridized carbons (Fsp3) is 0.385. The van der Waals surface area contributed by atoms with Gasteiger partial charge in [-0.2, -0.15) is 0 Å². The van der Waals surface area contributed by atoms with Crippen LogP contribution in [0.2, 0.25) is 0 Å². The van der Waals surface area contributed by atoms with E-state index in [1.165, 1.54) is 17.0 Å². The maximum Gasteiger partial charge on any atom is 0.312 e. The normalized spacial score (nSPS) is 20.5. The molecule has 1 aromatic carbocycles. The van der Waals surface area contributed by atoms with E-state index in [0.717, 1.165) is 11.1 Å². The van der Waals surface area contributed by atoms with Gasteiger partial charge in [0.25, 0.3) is 0 Å². The number of piperidine rings is 1. The Hall–Kier alpha value is -1.71. The van der Waals surface area contributed by atoms with Gasteiger partial charge in [-0.1, -0.05) is 6.07 Å². The van der Waals surface area contributed by atoms with Crippen LogP contribution in [-0.2, 0) is 9.59 Å². The molecule has 1 heterocycles. The number of rotatable bonds is 2. The highest BCUT2D eigenvalue weighted by atomic mass is 19.1. The highest BCUT2D eigenvalue weighted by Gasteiger charge is 2.28. The van der Waals surface area contributed by atoms with E-state index >= 15 is 0 Å². The first kappa shape index (κ1) is 11.8. The Morgan fingerprint density at radius 3 is 2.88 bits per heavy atom. The summed E-state index contributed by atoms with van der Waals surface area (Å²) in [6.45, 7) is 2.17. The van der Waals surface area contributed by atoms with Crippen LogP contribution in [0.15, 0.2) is 18.2 Å². The zero-order valence-electron chi connectivity index (χ0n) is 9.57. The first-order valence-corrected chi connectivity index (χ1v) is 5.54. The number of nitrogens with zero attached hydrogens (tertiary/aromatic N) is 1. The van der Waals surface area contributed by atoms with E-state index in [0.29, 0.717) is 19.4 Å². The zero-order chi connectivity index (χ0) is 12.4. The zero-order valence-corrected chi connectivity index (χ0v) is 9.57. The first-order valence-electron chi connectivity index (χ1n) is 5.54. The average molecular weight is 234 g/mol. The lowest BCUT2D eigenvalue weighted by Crippen LogP contribution is -2.36. The molecule has 1 aliphatic heterocycles. The van der Waals surface area contributed by atoms with Crippen molar-refractivity contribution in [1.82, 2.24) is 4.90 Å². The molecule has 1 fully saturated rings. The minimum atomic E-state index is -0.310. The van der Waals surface area contributed by atoms with Crippen molar-refractivity contribution in [3.63, 3.8) is 0 Å². The van der Waals surface area contributed by atoms with Gasteiger partial charge >= 0.3 is 6.41 Å². The summed E-state index contributed by atoms with van der Waals surface area (Å²) in [4.78, 5) is 23.8. The highest BCUT2D eigenvalue weighted by molar-refractivity contribution is 5.81. The Labute approximate surface area is 99.2 Å². The smallest absolute Gasteiger partial charge is 0.312 e. The van der Waals surface area contributed by atoms with Gasteiger partial charge in [-0.25, -0.2) is 4.39 Å². The Kier molecular flexibility index (Phi) is 3.22. The Bertz CT molecular complexity index is 459. The predicted octanol–water partition coefficient (Wildman–Crippen LogP) is 1.91. The number of carbonyl (C=O) groups excluding carboxylic acids is 2. The average Bonchev–Trinajstić information content (AvgIpc) is 2.29. The maximum atomic E-state index is 13.0. The Balaban J connectivity index is 2.35. The summed E-state index contributed by atoms with van der Waals surface area (Å²) in [5.41, 5.74) is 1.58. The van der Waals surface area contributed by atoms with Gasteiger partial charge in [0.05, 0.1) is 6.04 Å². The third-order valence-electron chi connectivity index (χ3n) is 3.14. The van der Waals surface area contributed by atoms with Gasteiger partial charge in [0.1, 0.15) is 11.6 Å². The van der Waals surface area contributed by atoms with Crippen LogP contribution in [0, 0.1) is 12.7 Å². The molecule has 4 heteroatoms. The van der Waals surface area contributed by atoms with Gasteiger partial charge in [0.15, 0.2) is 0 Å². The molecule has 2 rings (SSSR count). The third kappa shape index (κ3) is 2.35. The molecule has 0 bridgehead atoms. The molecule has 3 nitrogen and oxygen atoms in total. The number of carbonyl (C=O) groups is 1. The molecule has 0 N–H and O–H groups in total. The molecule has 0 aliphatic carbocycles. The molecule has 1 aliphatic rings. The lowest BCUT2D eigenvalue weighted by atomic mass is 9.92. The van der Waals surface area contributed by atoms with Crippen molar-refractivity contribution >= 4 is 12.2 Å². The monoisotopic (exact) mass is 234 g/mol. The van der Waals surface area contributed by atoms with Crippen LogP contribution in [-0.4, -0.2) is 23.6 Å². The van der Waals surface area contributed by atoms with Gasteiger partial charge in [-0.15, -0.1) is 0 Å². The lowest BCUT2D eigenvalue weighted by molar-refractivity contribution is -0.122. The van der Waals surface area contributed by atoms with Crippen LogP contribution in [0.4, 0.5) is 4.39 Å². The Morgan fingerprint density at radius 2 is 2.24 bits per heavy atom. The van der Waals surface area contributed by atoms with E-state index in [-0.39, 0.29) is 17.6 Å². The topological polar surface area (TPSA) is 37.4 Å². The van der Waals surface area contributed by atoms with Crippen molar-refractivity contribution in [3.8, 4) is 0 Å². The Morgan fingerprint density at radius 1 is 1.47 bits per heavy atom. The summed E-state index contributed by atoms with van der Waals surface area (Å²) < 4.78 is 13.0. The second-order valence-corrected chi connectivity index (χ2v) is 4.29. The SMILES string of the molecule is Cc1cc(F)ccc1[C@H]1CC(=O)CCN1[C]=O. The molecule has 0 spiro atoms. The molecule has 1 amide bonds. The summed E-state index contributed by atoms with van der Waals surface area (Å²) in [6.07, 6.45) is 2.53. The number of Topliss-reactive ketones (excluding diaryl/α,β-unsaturated/α-hetero) is 1. The summed E-state index contributed by atoms with van der Waals surface area (Å²) in [5, 5.41) is 0. The fourth-order valence-corrected chi connectivity index (χ4v) is 2.23. The molecule has 0 saturated carbocycles. The van der Waals surface area contributed by atoms with E-state index in [1.807, 2.05) is 6.41 Å². The number of halogens is 1. The first-order chi connectivity index (χ1) is 8.11. The summed E-state index contributed by atoms with van der Waals surface area (Å²) in [5.74, 6) is -0.180. The number of hydrogen-bond acceptors (Lipinski definition) is 2. The quantitative estimate of drug-likeness (QED) is 0.783. The van der Waals surface area contributed by atoms with Crippen molar-refractivity contribution in [2.45, 2.75) is 25.8 Å². The van der Waals surface area contributed by atoms with Gasteiger partial charge in [-0.05, 0) is 30.2 Å². The van der Waals surface area contributed by atoms with Gasteiger partial charge in [-0.3, -0.25) is 9.59 Å². The van der Waals surface area contributed by atoms with Crippen LogP contribution < -0.4 is 0 Å². The molecular formula is C13H13FNO2. The standard InChI is InChI=1S/C13H13FNO2/c1-9-6-10(14)2-3-12(9)13-7-11(17)4-5-15(13)8-16/h2-3,6,13H,4-5,7H2,1H3/t13-/m1/s1. The number of hydrogen-bond donors (Lipinski definition) is 0. The van der Waals surface area contributed by atoms with E-state index in [9.17, 15) is 14.0 Å². The van der Waals surface area contributed by atoms with Gasteiger partial charge in [0, 0.05) is 19.4 Å². The molecule has 1 saturated heterocycles. The summed E-state index contributed by atoms with van der Waals surface area (Å²) in [7, 11) is 0. The molecule has 0 unspecified atom stereocenters. The van der Waals surface area contributed by atoms with E-state index in [4.69, 9.17) is 0 Å². The number of likely N-dealkylation sites (tertiary alicyclic amines) is 1. The number of amides is 1. The van der Waals surface area contributed by atoms with Crippen LogP contribution >= 0.6 is 0 Å². The number of benzene rings is 1. The van der Waals surface area contributed by atoms with Crippen LogP contribution in [0.3, 0.4) is 0 Å². The van der Waals surface area contributed by atoms with Gasteiger partial charge < -0.3 is 4.90 Å². The lowest BCUT2D eigenvalue weighted by Gasteiger charge is -2.32. The van der Waals surface area contributed by atoms with E-state index in [1.54, 1.807) is 13.0 Å². The molecule has 1 aromatic rings. The second kappa shape index (κ2) is 4.65. The van der Waals surface area contributed by atoms with E-state index < -0.39 is 0 Å². The fourth-order valence-electron chi connectivity index (χ4n) is 2.23. The molecule has 17 heavy (non-hydrogen) atoms. The minimum absolute atomic E-state index is 0.130. The van der Waals surface area contributed by atoms with Crippen molar-refractivity contribution in [2.24, 2.45) is 0 Å². The third-order valence-corrected chi connectivity index (χ3v) is 3.14.